The number of rotatable bonds is 5. The first kappa shape index (κ1) is 14.8. The molecule has 6 nitrogen and oxygen atoms in total. The van der Waals surface area contributed by atoms with E-state index in [4.69, 9.17) is 14.0 Å². The predicted octanol–water partition coefficient (Wildman–Crippen LogP) is 2.46. The van der Waals surface area contributed by atoms with Gasteiger partial charge in [0.1, 0.15) is 12.7 Å². The Morgan fingerprint density at radius 1 is 1.27 bits per heavy atom. The maximum Gasteiger partial charge on any atom is 0.229 e. The molecule has 1 aromatic carbocycles. The summed E-state index contributed by atoms with van der Waals surface area (Å²) >= 11 is 0. The highest BCUT2D eigenvalue weighted by molar-refractivity contribution is 5.40. The highest BCUT2D eigenvalue weighted by Crippen LogP contribution is 2.30. The van der Waals surface area contributed by atoms with Crippen molar-refractivity contribution in [1.82, 2.24) is 15.0 Å². The molecule has 1 aliphatic rings. The minimum atomic E-state index is -0.00336. The average molecular weight is 303 g/mol. The van der Waals surface area contributed by atoms with Gasteiger partial charge in [-0.25, -0.2) is 0 Å². The Bertz CT molecular complexity index is 627. The molecule has 1 unspecified atom stereocenters. The van der Waals surface area contributed by atoms with Crippen molar-refractivity contribution in [2.75, 3.05) is 20.2 Å². The van der Waals surface area contributed by atoms with Gasteiger partial charge in [-0.2, -0.15) is 4.98 Å². The van der Waals surface area contributed by atoms with Crippen LogP contribution in [0.1, 0.15) is 31.5 Å². The normalized spacial score (nSPS) is 17.2. The third kappa shape index (κ3) is 3.39. The van der Waals surface area contributed by atoms with Gasteiger partial charge in [0.15, 0.2) is 17.3 Å². The minimum Gasteiger partial charge on any atom is -0.486 e. The van der Waals surface area contributed by atoms with Gasteiger partial charge in [-0.15, -0.1) is 0 Å². The summed E-state index contributed by atoms with van der Waals surface area (Å²) in [6.45, 7) is 5.97. The molecule has 3 rings (SSSR count). The van der Waals surface area contributed by atoms with E-state index in [9.17, 15) is 0 Å². The fourth-order valence-electron chi connectivity index (χ4n) is 2.37. The Hall–Kier alpha value is -2.08. The highest BCUT2D eigenvalue weighted by Gasteiger charge is 2.22. The summed E-state index contributed by atoms with van der Waals surface area (Å²) in [5.74, 6) is 3.23. The molecule has 0 amide bonds. The van der Waals surface area contributed by atoms with Gasteiger partial charge in [0.05, 0.1) is 6.54 Å². The topological polar surface area (TPSA) is 60.6 Å². The summed E-state index contributed by atoms with van der Waals surface area (Å²) in [7, 11) is 2.01. The molecule has 0 bridgehead atoms. The molecule has 0 N–H and O–H groups in total. The number of hydrogen-bond acceptors (Lipinski definition) is 6. The maximum atomic E-state index is 5.95. The standard InChI is InChI=1S/C16H21N3O3/c1-11(2)16-17-15(18-22-16)9-19(3)8-12-10-20-13-6-4-5-7-14(13)21-12/h4-7,11-12H,8-10H2,1-3H3. The molecule has 22 heavy (non-hydrogen) atoms. The quantitative estimate of drug-likeness (QED) is 0.845. The van der Waals surface area contributed by atoms with Crippen molar-refractivity contribution in [1.29, 1.82) is 0 Å². The second-order valence-electron chi connectivity index (χ2n) is 5.90. The van der Waals surface area contributed by atoms with E-state index in [0.717, 1.165) is 18.0 Å². The third-order valence-electron chi connectivity index (χ3n) is 3.47. The van der Waals surface area contributed by atoms with Crippen LogP contribution in [0, 0.1) is 0 Å². The molecule has 0 aliphatic carbocycles. The van der Waals surface area contributed by atoms with Crippen molar-refractivity contribution in [2.24, 2.45) is 0 Å². The summed E-state index contributed by atoms with van der Waals surface area (Å²) in [6.07, 6.45) is -0.00336. The van der Waals surface area contributed by atoms with E-state index in [1.807, 2.05) is 45.2 Å². The van der Waals surface area contributed by atoms with E-state index < -0.39 is 0 Å². The van der Waals surface area contributed by atoms with Gasteiger partial charge < -0.3 is 14.0 Å². The lowest BCUT2D eigenvalue weighted by molar-refractivity contribution is 0.0630. The largest absolute Gasteiger partial charge is 0.486 e. The first-order valence-electron chi connectivity index (χ1n) is 7.51. The van der Waals surface area contributed by atoms with Gasteiger partial charge in [-0.1, -0.05) is 31.1 Å². The molecule has 0 saturated carbocycles. The third-order valence-corrected chi connectivity index (χ3v) is 3.47. The second-order valence-corrected chi connectivity index (χ2v) is 5.90. The number of para-hydroxylation sites is 2. The zero-order valence-corrected chi connectivity index (χ0v) is 13.2. The Morgan fingerprint density at radius 2 is 2.05 bits per heavy atom. The van der Waals surface area contributed by atoms with Crippen molar-refractivity contribution in [3.8, 4) is 11.5 Å². The molecule has 2 heterocycles. The second kappa shape index (κ2) is 6.36. The lowest BCUT2D eigenvalue weighted by atomic mass is 10.2. The van der Waals surface area contributed by atoms with Crippen LogP contribution in [0.2, 0.25) is 0 Å². The van der Waals surface area contributed by atoms with E-state index in [0.29, 0.717) is 24.9 Å². The number of hydrogen-bond donors (Lipinski definition) is 0. The SMILES string of the molecule is CC(C)c1nc(CN(C)CC2COc3ccccc3O2)no1. The van der Waals surface area contributed by atoms with Gasteiger partial charge in [0.25, 0.3) is 0 Å². The number of benzene rings is 1. The zero-order valence-electron chi connectivity index (χ0n) is 13.2. The van der Waals surface area contributed by atoms with Gasteiger partial charge in [-0.3, -0.25) is 4.90 Å². The van der Waals surface area contributed by atoms with E-state index in [1.54, 1.807) is 0 Å². The first-order valence-corrected chi connectivity index (χ1v) is 7.51. The van der Waals surface area contributed by atoms with Gasteiger partial charge >= 0.3 is 0 Å². The van der Waals surface area contributed by atoms with Crippen LogP contribution in [0.5, 0.6) is 11.5 Å². The van der Waals surface area contributed by atoms with Crippen LogP contribution in [0.25, 0.3) is 0 Å². The Balaban J connectivity index is 1.55. The molecular formula is C16H21N3O3. The van der Waals surface area contributed by atoms with Gasteiger partial charge in [0, 0.05) is 12.5 Å². The molecule has 118 valence electrons. The summed E-state index contributed by atoms with van der Waals surface area (Å²) in [6, 6.07) is 7.73. The van der Waals surface area contributed by atoms with Crippen molar-refractivity contribution in [3.05, 3.63) is 36.0 Å². The Kier molecular flexibility index (Phi) is 4.29. The van der Waals surface area contributed by atoms with Crippen LogP contribution in [-0.4, -0.2) is 41.3 Å². The monoisotopic (exact) mass is 303 g/mol. The average Bonchev–Trinajstić information content (AvgIpc) is 2.95. The fraction of sp³-hybridized carbons (Fsp3) is 0.500. The number of likely N-dealkylation sites (N-methyl/N-ethyl adjacent to an activating group) is 1. The molecule has 1 aromatic heterocycles. The summed E-state index contributed by atoms with van der Waals surface area (Å²) in [4.78, 5) is 6.50. The lowest BCUT2D eigenvalue weighted by Crippen LogP contribution is -2.39. The van der Waals surface area contributed by atoms with Crippen molar-refractivity contribution < 1.29 is 14.0 Å². The van der Waals surface area contributed by atoms with E-state index in [2.05, 4.69) is 15.0 Å². The van der Waals surface area contributed by atoms with E-state index >= 15 is 0 Å². The number of nitrogens with zero attached hydrogens (tertiary/aromatic N) is 3. The van der Waals surface area contributed by atoms with Crippen LogP contribution >= 0.6 is 0 Å². The number of fused-ring (bicyclic) bond motifs is 1. The van der Waals surface area contributed by atoms with Crippen molar-refractivity contribution in [3.63, 3.8) is 0 Å². The number of ether oxygens (including phenoxy) is 2. The Labute approximate surface area is 130 Å². The van der Waals surface area contributed by atoms with Gasteiger partial charge in [-0.05, 0) is 19.2 Å². The highest BCUT2D eigenvalue weighted by atomic mass is 16.6. The van der Waals surface area contributed by atoms with Crippen LogP contribution in [0.3, 0.4) is 0 Å². The maximum absolute atomic E-state index is 5.95. The van der Waals surface area contributed by atoms with Crippen LogP contribution in [0.15, 0.2) is 28.8 Å². The summed E-state index contributed by atoms with van der Waals surface area (Å²) in [5, 5.41) is 4.01. The molecule has 1 atom stereocenters. The van der Waals surface area contributed by atoms with Crippen molar-refractivity contribution in [2.45, 2.75) is 32.4 Å². The lowest BCUT2D eigenvalue weighted by Gasteiger charge is -2.29. The molecule has 0 fully saturated rings. The molecular weight excluding hydrogens is 282 g/mol. The Morgan fingerprint density at radius 3 is 2.77 bits per heavy atom. The number of aromatic nitrogens is 2. The van der Waals surface area contributed by atoms with Crippen LogP contribution in [0.4, 0.5) is 0 Å². The van der Waals surface area contributed by atoms with Gasteiger partial charge in [0.2, 0.25) is 5.89 Å². The van der Waals surface area contributed by atoms with Crippen molar-refractivity contribution >= 4 is 0 Å². The van der Waals surface area contributed by atoms with E-state index in [-0.39, 0.29) is 12.0 Å². The zero-order chi connectivity index (χ0) is 15.5. The molecule has 2 aromatic rings. The first-order chi connectivity index (χ1) is 10.6. The molecule has 0 saturated heterocycles. The fourth-order valence-corrected chi connectivity index (χ4v) is 2.37. The van der Waals surface area contributed by atoms with Crippen LogP contribution < -0.4 is 9.47 Å². The smallest absolute Gasteiger partial charge is 0.229 e. The molecule has 6 heteroatoms. The summed E-state index contributed by atoms with van der Waals surface area (Å²) in [5.41, 5.74) is 0. The molecule has 0 spiro atoms. The van der Waals surface area contributed by atoms with Crippen LogP contribution in [-0.2, 0) is 6.54 Å². The minimum absolute atomic E-state index is 0.00336. The molecule has 0 radical (unpaired) electrons. The van der Waals surface area contributed by atoms with E-state index in [1.165, 1.54) is 0 Å². The molecule has 1 aliphatic heterocycles. The summed E-state index contributed by atoms with van der Waals surface area (Å²) < 4.78 is 16.9. The predicted molar refractivity (Wildman–Crippen MR) is 81.1 cm³/mol.